The lowest BCUT2D eigenvalue weighted by Gasteiger charge is -2.43. The van der Waals surface area contributed by atoms with Gasteiger partial charge in [-0.1, -0.05) is 12.8 Å². The van der Waals surface area contributed by atoms with E-state index in [1.165, 1.54) is 39.5 Å². The van der Waals surface area contributed by atoms with Crippen molar-refractivity contribution in [2.45, 2.75) is 56.7 Å². The molecule has 0 bridgehead atoms. The number of carbonyl (C=O) groups is 1. The van der Waals surface area contributed by atoms with Gasteiger partial charge < -0.3 is 5.32 Å². The fourth-order valence-electron chi connectivity index (χ4n) is 2.64. The van der Waals surface area contributed by atoms with Gasteiger partial charge in [0.1, 0.15) is 0 Å². The Morgan fingerprint density at radius 1 is 1.33 bits per heavy atom. The van der Waals surface area contributed by atoms with E-state index >= 15 is 0 Å². The number of hydrogen-bond donors (Lipinski definition) is 1. The van der Waals surface area contributed by atoms with E-state index in [9.17, 15) is 13.2 Å². The lowest BCUT2D eigenvalue weighted by molar-refractivity contribution is -0.132. The van der Waals surface area contributed by atoms with Gasteiger partial charge in [0.05, 0.1) is 0 Å². The van der Waals surface area contributed by atoms with Crippen molar-refractivity contribution in [1.82, 2.24) is 9.62 Å². The molecule has 2 fully saturated rings. The molecule has 1 amide bonds. The van der Waals surface area contributed by atoms with Gasteiger partial charge in [0.15, 0.2) is 4.75 Å². The van der Waals surface area contributed by atoms with Gasteiger partial charge in [-0.05, 0) is 39.7 Å². The molecule has 0 radical (unpaired) electrons. The van der Waals surface area contributed by atoms with Gasteiger partial charge in [-0.3, -0.25) is 4.79 Å². The van der Waals surface area contributed by atoms with Gasteiger partial charge in [0.25, 0.3) is 15.9 Å². The summed E-state index contributed by atoms with van der Waals surface area (Å²) < 4.78 is 23.4. The van der Waals surface area contributed by atoms with E-state index in [0.29, 0.717) is 19.0 Å². The van der Waals surface area contributed by atoms with Crippen LogP contribution in [-0.2, 0) is 14.8 Å². The van der Waals surface area contributed by atoms with Crippen molar-refractivity contribution < 1.29 is 13.2 Å². The molecule has 1 N–H and O–H groups in total. The van der Waals surface area contributed by atoms with Crippen LogP contribution in [0.3, 0.4) is 0 Å². The summed E-state index contributed by atoms with van der Waals surface area (Å²) in [7, 11) is -3.39. The van der Waals surface area contributed by atoms with E-state index in [1.54, 1.807) is 0 Å². The number of carbonyl (C=O) groups excluding carboxylic acids is 1. The van der Waals surface area contributed by atoms with Crippen LogP contribution in [-0.4, -0.2) is 42.5 Å². The van der Waals surface area contributed by atoms with Gasteiger partial charge in [-0.2, -0.15) is 0 Å². The van der Waals surface area contributed by atoms with Gasteiger partial charge in [-0.15, -0.1) is 0 Å². The molecule has 0 aromatic heterocycles. The summed E-state index contributed by atoms with van der Waals surface area (Å²) in [5.74, 6) is -0.275. The third kappa shape index (κ3) is 2.16. The Morgan fingerprint density at radius 3 is 2.50 bits per heavy atom. The number of sulfonamides is 1. The molecule has 104 valence electrons. The molecule has 1 saturated heterocycles. The highest BCUT2D eigenvalue weighted by molar-refractivity contribution is 7.94. The van der Waals surface area contributed by atoms with Crippen LogP contribution in [0.4, 0.5) is 0 Å². The molecule has 5 nitrogen and oxygen atoms in total. The molecule has 2 rings (SSSR count). The predicted molar refractivity (Wildman–Crippen MR) is 69.6 cm³/mol. The SMILES string of the molecule is CC1(C)C(=O)N(CCCNC2CCCC2)S1(=O)=O. The monoisotopic (exact) mass is 274 g/mol. The zero-order valence-corrected chi connectivity index (χ0v) is 11.9. The second-order valence-corrected chi connectivity index (χ2v) is 8.09. The van der Waals surface area contributed by atoms with Crippen molar-refractivity contribution in [3.05, 3.63) is 0 Å². The number of hydrogen-bond acceptors (Lipinski definition) is 4. The molecule has 0 atom stereocenters. The first-order valence-electron chi connectivity index (χ1n) is 6.67. The first-order chi connectivity index (χ1) is 8.37. The molecule has 1 aliphatic carbocycles. The van der Waals surface area contributed by atoms with Gasteiger partial charge in [-0.25, -0.2) is 12.7 Å². The van der Waals surface area contributed by atoms with Gasteiger partial charge in [0.2, 0.25) is 0 Å². The van der Waals surface area contributed by atoms with E-state index in [2.05, 4.69) is 5.32 Å². The minimum atomic E-state index is -3.39. The Bertz CT molecular complexity index is 425. The molecule has 0 aromatic carbocycles. The summed E-state index contributed by atoms with van der Waals surface area (Å²) in [6.45, 7) is 4.03. The van der Waals surface area contributed by atoms with Crippen molar-refractivity contribution in [1.29, 1.82) is 0 Å². The number of nitrogens with zero attached hydrogens (tertiary/aromatic N) is 1. The third-order valence-corrected chi connectivity index (χ3v) is 6.40. The van der Waals surface area contributed by atoms with E-state index in [4.69, 9.17) is 0 Å². The maximum absolute atomic E-state index is 11.8. The minimum Gasteiger partial charge on any atom is -0.314 e. The number of nitrogens with one attached hydrogen (secondary N) is 1. The van der Waals surface area contributed by atoms with E-state index in [1.807, 2.05) is 0 Å². The molecule has 0 spiro atoms. The van der Waals surface area contributed by atoms with Crippen LogP contribution in [0.15, 0.2) is 0 Å². The molecule has 6 heteroatoms. The fourth-order valence-corrected chi connectivity index (χ4v) is 4.20. The molecule has 1 heterocycles. The predicted octanol–water partition coefficient (Wildman–Crippen LogP) is 0.859. The largest absolute Gasteiger partial charge is 0.314 e. The Hall–Kier alpha value is -0.620. The summed E-state index contributed by atoms with van der Waals surface area (Å²) in [5, 5.41) is 3.42. The smallest absolute Gasteiger partial charge is 0.258 e. The Labute approximate surface area is 109 Å². The zero-order valence-electron chi connectivity index (χ0n) is 11.1. The zero-order chi connectivity index (χ0) is 13.4. The van der Waals surface area contributed by atoms with Crippen LogP contribution in [0, 0.1) is 0 Å². The van der Waals surface area contributed by atoms with E-state index in [-0.39, 0.29) is 5.91 Å². The van der Waals surface area contributed by atoms with Gasteiger partial charge in [0, 0.05) is 12.6 Å². The summed E-state index contributed by atoms with van der Waals surface area (Å²) in [4.78, 5) is 11.7. The summed E-state index contributed by atoms with van der Waals surface area (Å²) in [6, 6.07) is 0.588. The highest BCUT2D eigenvalue weighted by Crippen LogP contribution is 2.34. The van der Waals surface area contributed by atoms with Crippen LogP contribution < -0.4 is 5.32 Å². The van der Waals surface area contributed by atoms with Crippen molar-refractivity contribution in [2.75, 3.05) is 13.1 Å². The molecule has 2 aliphatic rings. The first-order valence-corrected chi connectivity index (χ1v) is 8.11. The lowest BCUT2D eigenvalue weighted by Crippen LogP contribution is -2.67. The number of amides is 1. The molecule has 0 unspecified atom stereocenters. The van der Waals surface area contributed by atoms with E-state index < -0.39 is 14.8 Å². The Balaban J connectivity index is 1.73. The standard InChI is InChI=1S/C12H22N2O3S/c1-12(2)11(15)14(18(12,16)17)9-5-8-13-10-6-3-4-7-10/h10,13H,3-9H2,1-2H3. The second kappa shape index (κ2) is 4.81. The summed E-state index contributed by atoms with van der Waals surface area (Å²) in [6.07, 6.45) is 5.69. The normalized spacial score (nSPS) is 26.3. The highest BCUT2D eigenvalue weighted by Gasteiger charge is 2.59. The van der Waals surface area contributed by atoms with Crippen LogP contribution in [0.2, 0.25) is 0 Å². The van der Waals surface area contributed by atoms with Gasteiger partial charge >= 0.3 is 0 Å². The average Bonchev–Trinajstić information content (AvgIpc) is 2.80. The molecular weight excluding hydrogens is 252 g/mol. The van der Waals surface area contributed by atoms with Crippen molar-refractivity contribution in [2.24, 2.45) is 0 Å². The first kappa shape index (κ1) is 13.8. The van der Waals surface area contributed by atoms with Crippen LogP contribution in [0.1, 0.15) is 46.0 Å². The van der Waals surface area contributed by atoms with Crippen LogP contribution >= 0.6 is 0 Å². The van der Waals surface area contributed by atoms with Crippen LogP contribution in [0.5, 0.6) is 0 Å². The van der Waals surface area contributed by atoms with Crippen molar-refractivity contribution in [3.63, 3.8) is 0 Å². The number of rotatable bonds is 5. The molecule has 18 heavy (non-hydrogen) atoms. The molecule has 1 aliphatic heterocycles. The van der Waals surface area contributed by atoms with Crippen LogP contribution in [0.25, 0.3) is 0 Å². The maximum atomic E-state index is 11.8. The highest BCUT2D eigenvalue weighted by atomic mass is 32.2. The quantitative estimate of drug-likeness (QED) is 0.755. The topological polar surface area (TPSA) is 66.5 Å². The molecule has 1 saturated carbocycles. The maximum Gasteiger partial charge on any atom is 0.258 e. The summed E-state index contributed by atoms with van der Waals surface area (Å²) in [5.41, 5.74) is 0. The van der Waals surface area contributed by atoms with Crippen molar-refractivity contribution in [3.8, 4) is 0 Å². The summed E-state index contributed by atoms with van der Waals surface area (Å²) >= 11 is 0. The Kier molecular flexibility index (Phi) is 3.69. The fraction of sp³-hybridized carbons (Fsp3) is 0.917. The van der Waals surface area contributed by atoms with E-state index in [0.717, 1.165) is 10.8 Å². The third-order valence-electron chi connectivity index (χ3n) is 4.00. The Morgan fingerprint density at radius 2 is 1.94 bits per heavy atom. The molecular formula is C12H22N2O3S. The second-order valence-electron chi connectivity index (χ2n) is 5.68. The minimum absolute atomic E-state index is 0.275. The molecule has 0 aromatic rings. The average molecular weight is 274 g/mol. The lowest BCUT2D eigenvalue weighted by atomic mass is 10.2. The van der Waals surface area contributed by atoms with Crippen molar-refractivity contribution >= 4 is 15.9 Å².